The van der Waals surface area contributed by atoms with Gasteiger partial charge in [0.2, 0.25) is 0 Å². The first-order valence-corrected chi connectivity index (χ1v) is 8.54. The first-order chi connectivity index (χ1) is 9.60. The van der Waals surface area contributed by atoms with Crippen molar-refractivity contribution in [2.75, 3.05) is 13.1 Å². The van der Waals surface area contributed by atoms with E-state index < -0.39 is 0 Å². The molecule has 0 radical (unpaired) electrons. The Kier molecular flexibility index (Phi) is 6.03. The van der Waals surface area contributed by atoms with Gasteiger partial charge in [-0.15, -0.1) is 0 Å². The molecule has 1 aliphatic carbocycles. The minimum atomic E-state index is -0.0615. The molecular weight excluding hydrogens is 317 g/mol. The van der Waals surface area contributed by atoms with E-state index >= 15 is 0 Å². The molecule has 3 unspecified atom stereocenters. The first-order valence-electron chi connectivity index (χ1n) is 7.74. The van der Waals surface area contributed by atoms with Crippen molar-refractivity contribution in [3.8, 4) is 0 Å². The predicted molar refractivity (Wildman–Crippen MR) is 86.3 cm³/mol. The molecule has 0 aliphatic heterocycles. The van der Waals surface area contributed by atoms with Crippen molar-refractivity contribution in [1.29, 1.82) is 0 Å². The molecule has 2 rings (SSSR count). The Balaban J connectivity index is 2.08. The van der Waals surface area contributed by atoms with Crippen LogP contribution < -0.4 is 5.32 Å². The molecule has 1 nitrogen and oxygen atoms in total. The van der Waals surface area contributed by atoms with Gasteiger partial charge in [0, 0.05) is 4.47 Å². The fraction of sp³-hybridized carbons (Fsp3) is 0.647. The Labute approximate surface area is 130 Å². The van der Waals surface area contributed by atoms with Crippen LogP contribution in [0.1, 0.15) is 38.7 Å². The van der Waals surface area contributed by atoms with Crippen LogP contribution in [-0.4, -0.2) is 13.1 Å². The fourth-order valence-corrected chi connectivity index (χ4v) is 3.80. The van der Waals surface area contributed by atoms with Crippen molar-refractivity contribution >= 4 is 15.9 Å². The van der Waals surface area contributed by atoms with Crippen LogP contribution in [0.2, 0.25) is 0 Å². The lowest BCUT2D eigenvalue weighted by Gasteiger charge is -2.35. The zero-order valence-corrected chi connectivity index (χ0v) is 14.0. The number of hydrogen-bond acceptors (Lipinski definition) is 1. The molecule has 0 bridgehead atoms. The highest BCUT2D eigenvalue weighted by Gasteiger charge is 2.29. The number of benzene rings is 1. The second-order valence-electron chi connectivity index (χ2n) is 6.19. The van der Waals surface area contributed by atoms with Crippen molar-refractivity contribution in [3.63, 3.8) is 0 Å². The first kappa shape index (κ1) is 16.0. The summed E-state index contributed by atoms with van der Waals surface area (Å²) in [7, 11) is 0. The van der Waals surface area contributed by atoms with Crippen LogP contribution in [0.3, 0.4) is 0 Å². The average Bonchev–Trinajstić information content (AvgIpc) is 2.42. The molecule has 1 saturated carbocycles. The topological polar surface area (TPSA) is 12.0 Å². The summed E-state index contributed by atoms with van der Waals surface area (Å²) in [5, 5.41) is 3.47. The molecule has 1 aliphatic rings. The normalized spacial score (nSPS) is 26.7. The summed E-state index contributed by atoms with van der Waals surface area (Å²) in [6.07, 6.45) is 4.68. The van der Waals surface area contributed by atoms with Gasteiger partial charge >= 0.3 is 0 Å². The van der Waals surface area contributed by atoms with Gasteiger partial charge in [0.1, 0.15) is 5.82 Å². The van der Waals surface area contributed by atoms with Crippen molar-refractivity contribution in [2.24, 2.45) is 17.8 Å². The summed E-state index contributed by atoms with van der Waals surface area (Å²) in [6.45, 7) is 6.57. The molecule has 1 fully saturated rings. The van der Waals surface area contributed by atoms with Crippen LogP contribution >= 0.6 is 15.9 Å². The SMILES string of the molecule is CCNCC1CCC(C)CC1Cc1cc(Br)ccc1F. The lowest BCUT2D eigenvalue weighted by Crippen LogP contribution is -2.33. The summed E-state index contributed by atoms with van der Waals surface area (Å²) in [4.78, 5) is 0. The summed E-state index contributed by atoms with van der Waals surface area (Å²) in [5.74, 6) is 1.99. The van der Waals surface area contributed by atoms with Crippen LogP contribution in [0.25, 0.3) is 0 Å². The van der Waals surface area contributed by atoms with E-state index in [0.717, 1.165) is 35.5 Å². The van der Waals surface area contributed by atoms with Gasteiger partial charge in [-0.25, -0.2) is 4.39 Å². The summed E-state index contributed by atoms with van der Waals surface area (Å²) >= 11 is 3.45. The summed E-state index contributed by atoms with van der Waals surface area (Å²) in [6, 6.07) is 5.29. The van der Waals surface area contributed by atoms with Crippen molar-refractivity contribution in [1.82, 2.24) is 5.32 Å². The average molecular weight is 342 g/mol. The molecule has 0 aromatic heterocycles. The van der Waals surface area contributed by atoms with E-state index in [2.05, 4.69) is 35.1 Å². The predicted octanol–water partition coefficient (Wildman–Crippen LogP) is 4.79. The van der Waals surface area contributed by atoms with Gasteiger partial charge in [-0.3, -0.25) is 0 Å². The quantitative estimate of drug-likeness (QED) is 0.811. The van der Waals surface area contributed by atoms with E-state index in [0.29, 0.717) is 11.8 Å². The minimum Gasteiger partial charge on any atom is -0.317 e. The standard InChI is InChI=1S/C17H25BrFN/c1-3-20-11-13-5-4-12(2)8-14(13)9-15-10-16(18)6-7-17(15)19/h6-7,10,12-14,20H,3-5,8-9,11H2,1-2H3. The molecular formula is C17H25BrFN. The molecule has 0 amide bonds. The molecule has 0 saturated heterocycles. The molecule has 3 atom stereocenters. The van der Waals surface area contributed by atoms with E-state index in [9.17, 15) is 4.39 Å². The molecule has 0 spiro atoms. The number of hydrogen-bond donors (Lipinski definition) is 1. The van der Waals surface area contributed by atoms with Crippen LogP contribution in [0.4, 0.5) is 4.39 Å². The zero-order chi connectivity index (χ0) is 14.5. The largest absolute Gasteiger partial charge is 0.317 e. The van der Waals surface area contributed by atoms with Gasteiger partial charge in [0.15, 0.2) is 0 Å². The maximum absolute atomic E-state index is 14.0. The third-order valence-corrected chi connectivity index (χ3v) is 5.04. The van der Waals surface area contributed by atoms with E-state index in [4.69, 9.17) is 0 Å². The van der Waals surface area contributed by atoms with Crippen molar-refractivity contribution in [3.05, 3.63) is 34.1 Å². The molecule has 3 heteroatoms. The van der Waals surface area contributed by atoms with E-state index in [1.807, 2.05) is 6.07 Å². The van der Waals surface area contributed by atoms with Crippen LogP contribution in [-0.2, 0) is 6.42 Å². The van der Waals surface area contributed by atoms with Gasteiger partial charge in [-0.1, -0.05) is 36.2 Å². The Hall–Kier alpha value is -0.410. The van der Waals surface area contributed by atoms with Gasteiger partial charge in [-0.05, 0) is 73.9 Å². The highest BCUT2D eigenvalue weighted by Crippen LogP contribution is 2.36. The summed E-state index contributed by atoms with van der Waals surface area (Å²) < 4.78 is 14.9. The Bertz CT molecular complexity index is 433. The van der Waals surface area contributed by atoms with Crippen LogP contribution in [0.5, 0.6) is 0 Å². The fourth-order valence-electron chi connectivity index (χ4n) is 3.39. The second kappa shape index (κ2) is 7.56. The molecule has 112 valence electrons. The molecule has 1 aromatic carbocycles. The highest BCUT2D eigenvalue weighted by atomic mass is 79.9. The molecule has 0 heterocycles. The zero-order valence-electron chi connectivity index (χ0n) is 12.5. The highest BCUT2D eigenvalue weighted by molar-refractivity contribution is 9.10. The van der Waals surface area contributed by atoms with Crippen LogP contribution in [0, 0.1) is 23.6 Å². The van der Waals surface area contributed by atoms with Crippen molar-refractivity contribution < 1.29 is 4.39 Å². The number of halogens is 2. The Morgan fingerprint density at radius 2 is 2.10 bits per heavy atom. The molecule has 20 heavy (non-hydrogen) atoms. The number of nitrogens with one attached hydrogen (secondary N) is 1. The smallest absolute Gasteiger partial charge is 0.126 e. The maximum atomic E-state index is 14.0. The van der Waals surface area contributed by atoms with E-state index in [-0.39, 0.29) is 5.82 Å². The lowest BCUT2D eigenvalue weighted by atomic mass is 9.72. The monoisotopic (exact) mass is 341 g/mol. The lowest BCUT2D eigenvalue weighted by molar-refractivity contribution is 0.183. The Morgan fingerprint density at radius 1 is 1.30 bits per heavy atom. The van der Waals surface area contributed by atoms with Crippen LogP contribution in [0.15, 0.2) is 22.7 Å². The van der Waals surface area contributed by atoms with Gasteiger partial charge in [-0.2, -0.15) is 0 Å². The third kappa shape index (κ3) is 4.29. The third-order valence-electron chi connectivity index (χ3n) is 4.55. The van der Waals surface area contributed by atoms with E-state index in [1.54, 1.807) is 12.1 Å². The minimum absolute atomic E-state index is 0.0615. The molecule has 1 aromatic rings. The van der Waals surface area contributed by atoms with E-state index in [1.165, 1.54) is 19.3 Å². The van der Waals surface area contributed by atoms with Gasteiger partial charge in [0.05, 0.1) is 0 Å². The van der Waals surface area contributed by atoms with Gasteiger partial charge < -0.3 is 5.32 Å². The number of rotatable bonds is 5. The van der Waals surface area contributed by atoms with Crippen molar-refractivity contribution in [2.45, 2.75) is 39.5 Å². The van der Waals surface area contributed by atoms with Gasteiger partial charge in [0.25, 0.3) is 0 Å². The maximum Gasteiger partial charge on any atom is 0.126 e. The summed E-state index contributed by atoms with van der Waals surface area (Å²) in [5.41, 5.74) is 0.861. The second-order valence-corrected chi connectivity index (χ2v) is 7.10. The Morgan fingerprint density at radius 3 is 2.85 bits per heavy atom. The molecule has 1 N–H and O–H groups in total.